The average molecular weight is 527 g/mol. The highest BCUT2D eigenvalue weighted by molar-refractivity contribution is 7.91. The Morgan fingerprint density at radius 2 is 1.86 bits per heavy atom. The minimum Gasteiger partial charge on any atom is -0.487 e. The molecule has 2 aromatic carbocycles. The third kappa shape index (κ3) is 6.57. The number of nitro benzene ring substituents is 1. The lowest BCUT2D eigenvalue weighted by molar-refractivity contribution is -0.388. The van der Waals surface area contributed by atoms with Gasteiger partial charge in [-0.15, -0.1) is 0 Å². The number of rotatable bonds is 8. The van der Waals surface area contributed by atoms with E-state index in [1.807, 2.05) is 20.8 Å². The summed E-state index contributed by atoms with van der Waals surface area (Å²) in [6.45, 7) is 7.68. The Hall–Kier alpha value is -2.63. The van der Waals surface area contributed by atoms with Crippen molar-refractivity contribution in [2.24, 2.45) is 5.92 Å². The molecule has 0 saturated carbocycles. The van der Waals surface area contributed by atoms with Crippen LogP contribution in [-0.4, -0.2) is 48.7 Å². The predicted octanol–water partition coefficient (Wildman–Crippen LogP) is 3.68. The van der Waals surface area contributed by atoms with Crippen LogP contribution in [0.3, 0.4) is 0 Å². The van der Waals surface area contributed by atoms with Crippen molar-refractivity contribution in [3.05, 3.63) is 68.8 Å². The topological polar surface area (TPSA) is 119 Å². The van der Waals surface area contributed by atoms with E-state index in [0.29, 0.717) is 5.56 Å². The Morgan fingerprint density at radius 1 is 1.17 bits per heavy atom. The molecule has 3 rings (SSSR count). The van der Waals surface area contributed by atoms with Crippen molar-refractivity contribution in [3.63, 3.8) is 0 Å². The van der Waals surface area contributed by atoms with E-state index in [4.69, 9.17) is 4.74 Å². The molecule has 8 nitrogen and oxygen atoms in total. The van der Waals surface area contributed by atoms with Gasteiger partial charge in [-0.3, -0.25) is 10.1 Å². The van der Waals surface area contributed by atoms with Crippen LogP contribution in [0.15, 0.2) is 30.3 Å². The molecule has 2 N–H and O–H groups in total. The second kappa shape index (κ2) is 10.8. The van der Waals surface area contributed by atoms with Gasteiger partial charge in [0, 0.05) is 24.1 Å². The first-order chi connectivity index (χ1) is 16.7. The fourth-order valence-electron chi connectivity index (χ4n) is 4.46. The molecule has 1 aliphatic heterocycles. The van der Waals surface area contributed by atoms with E-state index in [2.05, 4.69) is 5.32 Å². The normalized spacial score (nSPS) is 21.8. The maximum absolute atomic E-state index is 14.5. The number of aliphatic hydroxyl groups is 1. The summed E-state index contributed by atoms with van der Waals surface area (Å²) in [7, 11) is -3.58. The van der Waals surface area contributed by atoms with Gasteiger partial charge in [-0.05, 0) is 48.1 Å². The molecule has 1 aliphatic rings. The molecular formula is C25H32F2N2O6S. The Kier molecular flexibility index (Phi) is 8.37. The van der Waals surface area contributed by atoms with E-state index in [-0.39, 0.29) is 47.8 Å². The van der Waals surface area contributed by atoms with Gasteiger partial charge >= 0.3 is 5.69 Å². The smallest absolute Gasteiger partial charge is 0.346 e. The van der Waals surface area contributed by atoms with Crippen LogP contribution in [0.1, 0.15) is 44.4 Å². The van der Waals surface area contributed by atoms with E-state index in [1.165, 1.54) is 12.1 Å². The molecule has 2 aromatic rings. The average Bonchev–Trinajstić information content (AvgIpc) is 2.74. The minimum absolute atomic E-state index is 0.0143. The van der Waals surface area contributed by atoms with Crippen LogP contribution in [-0.2, 0) is 28.2 Å². The number of ether oxygens (including phenoxy) is 1. The summed E-state index contributed by atoms with van der Waals surface area (Å²) in [5, 5.41) is 25.2. The lowest BCUT2D eigenvalue weighted by Gasteiger charge is -2.35. The van der Waals surface area contributed by atoms with Gasteiger partial charge in [-0.1, -0.05) is 32.9 Å². The van der Waals surface area contributed by atoms with Crippen molar-refractivity contribution in [2.45, 2.75) is 58.2 Å². The van der Waals surface area contributed by atoms with Crippen molar-refractivity contribution >= 4 is 15.5 Å². The van der Waals surface area contributed by atoms with Gasteiger partial charge in [0.2, 0.25) is 11.6 Å². The third-order valence-corrected chi connectivity index (χ3v) is 8.13. The summed E-state index contributed by atoms with van der Waals surface area (Å²) in [5.41, 5.74) is 0.539. The molecule has 0 aliphatic carbocycles. The molecule has 0 radical (unpaired) electrons. The fraction of sp³-hybridized carbons (Fsp3) is 0.520. The van der Waals surface area contributed by atoms with Gasteiger partial charge in [-0.2, -0.15) is 4.39 Å². The summed E-state index contributed by atoms with van der Waals surface area (Å²) < 4.78 is 59.4. The van der Waals surface area contributed by atoms with Crippen LogP contribution in [0, 0.1) is 27.7 Å². The molecule has 1 fully saturated rings. The predicted molar refractivity (Wildman–Crippen MR) is 132 cm³/mol. The van der Waals surface area contributed by atoms with Gasteiger partial charge in [0.15, 0.2) is 9.84 Å². The molecule has 0 spiro atoms. The van der Waals surface area contributed by atoms with Gasteiger partial charge in [-0.25, -0.2) is 12.8 Å². The molecule has 0 amide bonds. The SMILES string of the molecule is CCOc1cc(C[C@@H]2CS(=O)(=O)C[C@H](NCc3cc(C(C)(C)C)ccc3F)[C@H]2O)cc(F)c1[N+](=O)[O-]. The molecule has 0 unspecified atom stereocenters. The molecule has 1 saturated heterocycles. The van der Waals surface area contributed by atoms with Crippen molar-refractivity contribution < 1.29 is 32.0 Å². The van der Waals surface area contributed by atoms with Crippen LogP contribution < -0.4 is 10.1 Å². The number of hydrogen-bond acceptors (Lipinski definition) is 7. The largest absolute Gasteiger partial charge is 0.487 e. The number of aliphatic hydroxyl groups excluding tert-OH is 1. The van der Waals surface area contributed by atoms with Crippen molar-refractivity contribution in [1.82, 2.24) is 5.32 Å². The maximum atomic E-state index is 14.5. The molecule has 1 heterocycles. The molecule has 198 valence electrons. The maximum Gasteiger partial charge on any atom is 0.346 e. The number of nitrogens with zero attached hydrogens (tertiary/aromatic N) is 1. The Labute approximate surface area is 209 Å². The number of halogens is 2. The monoisotopic (exact) mass is 526 g/mol. The fourth-order valence-corrected chi connectivity index (χ4v) is 6.43. The van der Waals surface area contributed by atoms with E-state index >= 15 is 0 Å². The van der Waals surface area contributed by atoms with Crippen LogP contribution in [0.2, 0.25) is 0 Å². The van der Waals surface area contributed by atoms with Gasteiger partial charge in [0.05, 0.1) is 29.1 Å². The number of hydrogen-bond donors (Lipinski definition) is 2. The van der Waals surface area contributed by atoms with Gasteiger partial charge < -0.3 is 15.2 Å². The van der Waals surface area contributed by atoms with E-state index in [1.54, 1.807) is 19.1 Å². The second-order valence-electron chi connectivity index (χ2n) is 10.2. The standard InChI is InChI=1S/C25H32F2N2O6S/c1-5-35-22-10-15(9-20(27)23(22)29(31)32)8-17-13-36(33,34)14-21(24(17)30)28-12-16-11-18(25(2,3)4)6-7-19(16)26/h6-7,9-11,17,21,24,28,30H,5,8,12-14H2,1-4H3/t17-,21+,24+/m1/s1. The van der Waals surface area contributed by atoms with Gasteiger partial charge in [0.25, 0.3) is 0 Å². The number of nitro groups is 1. The van der Waals surface area contributed by atoms with E-state index in [0.717, 1.165) is 11.6 Å². The zero-order chi connectivity index (χ0) is 26.8. The Morgan fingerprint density at radius 3 is 2.47 bits per heavy atom. The molecule has 0 aromatic heterocycles. The first-order valence-electron chi connectivity index (χ1n) is 11.7. The molecule has 3 atom stereocenters. The highest BCUT2D eigenvalue weighted by Crippen LogP contribution is 2.34. The molecule has 36 heavy (non-hydrogen) atoms. The third-order valence-electron chi connectivity index (χ3n) is 6.33. The van der Waals surface area contributed by atoms with E-state index in [9.17, 15) is 32.4 Å². The highest BCUT2D eigenvalue weighted by atomic mass is 32.2. The van der Waals surface area contributed by atoms with Gasteiger partial charge in [0.1, 0.15) is 5.82 Å². The zero-order valence-corrected chi connectivity index (χ0v) is 21.6. The van der Waals surface area contributed by atoms with Crippen molar-refractivity contribution in [2.75, 3.05) is 18.1 Å². The van der Waals surface area contributed by atoms with Crippen LogP contribution >= 0.6 is 0 Å². The minimum atomic E-state index is -3.58. The first kappa shape index (κ1) is 27.9. The van der Waals surface area contributed by atoms with E-state index < -0.39 is 50.1 Å². The lowest BCUT2D eigenvalue weighted by atomic mass is 9.86. The number of benzene rings is 2. The molecular weight excluding hydrogens is 494 g/mol. The Balaban J connectivity index is 1.82. The van der Waals surface area contributed by atoms with Crippen LogP contribution in [0.4, 0.5) is 14.5 Å². The summed E-state index contributed by atoms with van der Waals surface area (Å²) >= 11 is 0. The summed E-state index contributed by atoms with van der Waals surface area (Å²) in [5.74, 6) is -3.26. The highest BCUT2D eigenvalue weighted by Gasteiger charge is 2.39. The van der Waals surface area contributed by atoms with Crippen molar-refractivity contribution in [1.29, 1.82) is 0 Å². The quantitative estimate of drug-likeness (QED) is 0.398. The summed E-state index contributed by atoms with van der Waals surface area (Å²) in [6.07, 6.45) is -1.17. The van der Waals surface area contributed by atoms with Crippen LogP contribution in [0.5, 0.6) is 5.75 Å². The lowest BCUT2D eigenvalue weighted by Crippen LogP contribution is -2.54. The summed E-state index contributed by atoms with van der Waals surface area (Å²) in [4.78, 5) is 10.3. The Bertz CT molecular complexity index is 1230. The number of nitrogens with one attached hydrogen (secondary N) is 1. The van der Waals surface area contributed by atoms with Crippen molar-refractivity contribution in [3.8, 4) is 5.75 Å². The molecule has 0 bridgehead atoms. The van der Waals surface area contributed by atoms with Crippen LogP contribution in [0.25, 0.3) is 0 Å². The summed E-state index contributed by atoms with van der Waals surface area (Å²) in [6, 6.07) is 6.18. The number of sulfone groups is 1. The zero-order valence-electron chi connectivity index (χ0n) is 20.8. The first-order valence-corrected chi connectivity index (χ1v) is 13.5. The second-order valence-corrected chi connectivity index (χ2v) is 12.3. The molecule has 11 heteroatoms.